The molecule has 0 spiro atoms. The number of amidine groups is 1. The molecular formula is C19H20ClN3O4. The van der Waals surface area contributed by atoms with Crippen LogP contribution >= 0.6 is 12.4 Å². The van der Waals surface area contributed by atoms with E-state index in [1.165, 1.54) is 0 Å². The second kappa shape index (κ2) is 8.55. The van der Waals surface area contributed by atoms with Crippen LogP contribution in [0.4, 0.5) is 5.69 Å². The normalized spacial score (nSPS) is 14.9. The number of rotatable bonds is 5. The number of fused-ring (bicyclic) bond motifs is 1. The molecule has 1 amide bonds. The van der Waals surface area contributed by atoms with Crippen molar-refractivity contribution >= 4 is 35.8 Å². The minimum Gasteiger partial charge on any atom is -0.493 e. The maximum Gasteiger partial charge on any atom is 0.303 e. The van der Waals surface area contributed by atoms with Gasteiger partial charge >= 0.3 is 5.97 Å². The molecule has 1 aliphatic rings. The first-order chi connectivity index (χ1) is 12.4. The van der Waals surface area contributed by atoms with Crippen LogP contribution in [0, 0.1) is 11.3 Å². The second-order valence-electron chi connectivity index (χ2n) is 6.25. The number of hydrogen-bond donors (Lipinski definition) is 4. The van der Waals surface area contributed by atoms with Crippen molar-refractivity contribution in [2.45, 2.75) is 12.8 Å². The van der Waals surface area contributed by atoms with Gasteiger partial charge in [0.05, 0.1) is 13.0 Å². The summed E-state index contributed by atoms with van der Waals surface area (Å²) in [4.78, 5) is 23.2. The van der Waals surface area contributed by atoms with Gasteiger partial charge in [-0.15, -0.1) is 12.4 Å². The standard InChI is InChI=1S/C19H19N3O4.ClH/c20-18(21)12-1-3-13(4-2-12)19(25)22-15-6-5-14-7-11(8-17(23)24)10-26-16(14)9-15;/h1-6,9,11H,7-8,10H2,(H3,20,21)(H,22,25)(H,23,24);1H. The van der Waals surface area contributed by atoms with Crippen LogP contribution in [-0.2, 0) is 11.2 Å². The number of nitrogen functional groups attached to an aromatic ring is 1. The van der Waals surface area contributed by atoms with Gasteiger partial charge in [-0.2, -0.15) is 0 Å². The number of amides is 1. The summed E-state index contributed by atoms with van der Waals surface area (Å²) in [5.74, 6) is -0.539. The van der Waals surface area contributed by atoms with E-state index in [2.05, 4.69) is 5.32 Å². The summed E-state index contributed by atoms with van der Waals surface area (Å²) < 4.78 is 5.65. The van der Waals surface area contributed by atoms with Crippen LogP contribution in [0.5, 0.6) is 5.75 Å². The van der Waals surface area contributed by atoms with Gasteiger partial charge in [-0.1, -0.05) is 18.2 Å². The zero-order valence-electron chi connectivity index (χ0n) is 14.4. The highest BCUT2D eigenvalue weighted by Gasteiger charge is 2.22. The molecule has 0 aliphatic carbocycles. The fourth-order valence-electron chi connectivity index (χ4n) is 2.90. The molecule has 8 heteroatoms. The third-order valence-corrected chi connectivity index (χ3v) is 4.23. The number of carboxylic acid groups (broad SMARTS) is 1. The maximum atomic E-state index is 12.3. The Labute approximate surface area is 162 Å². The first-order valence-electron chi connectivity index (χ1n) is 8.15. The lowest BCUT2D eigenvalue weighted by Crippen LogP contribution is -2.23. The third-order valence-electron chi connectivity index (χ3n) is 4.23. The van der Waals surface area contributed by atoms with Crippen molar-refractivity contribution in [2.75, 3.05) is 11.9 Å². The van der Waals surface area contributed by atoms with E-state index in [1.807, 2.05) is 6.07 Å². The smallest absolute Gasteiger partial charge is 0.303 e. The average Bonchev–Trinajstić information content (AvgIpc) is 2.61. The minimum atomic E-state index is -0.832. The quantitative estimate of drug-likeness (QED) is 0.462. The number of nitrogens with one attached hydrogen (secondary N) is 2. The Balaban J connectivity index is 0.00000261. The Morgan fingerprint density at radius 1 is 1.19 bits per heavy atom. The van der Waals surface area contributed by atoms with Crippen LogP contribution in [0.2, 0.25) is 0 Å². The number of carbonyl (C=O) groups is 2. The van der Waals surface area contributed by atoms with Gasteiger partial charge < -0.3 is 20.9 Å². The largest absolute Gasteiger partial charge is 0.493 e. The monoisotopic (exact) mass is 389 g/mol. The molecule has 1 heterocycles. The number of ether oxygens (including phenoxy) is 1. The first kappa shape index (κ1) is 20.3. The van der Waals surface area contributed by atoms with Gasteiger partial charge in [0.25, 0.3) is 5.91 Å². The van der Waals surface area contributed by atoms with Crippen LogP contribution in [0.25, 0.3) is 0 Å². The van der Waals surface area contributed by atoms with Crippen molar-refractivity contribution in [3.8, 4) is 5.75 Å². The zero-order chi connectivity index (χ0) is 18.7. The Morgan fingerprint density at radius 2 is 1.85 bits per heavy atom. The second-order valence-corrected chi connectivity index (χ2v) is 6.25. The molecule has 1 aliphatic heterocycles. The molecule has 3 rings (SSSR count). The van der Waals surface area contributed by atoms with E-state index in [4.69, 9.17) is 21.0 Å². The van der Waals surface area contributed by atoms with E-state index in [1.54, 1.807) is 36.4 Å². The SMILES string of the molecule is Cl.N=C(N)c1ccc(C(=O)Nc2ccc3c(c2)OCC(CC(=O)O)C3)cc1. The van der Waals surface area contributed by atoms with Gasteiger partial charge in [-0.25, -0.2) is 0 Å². The van der Waals surface area contributed by atoms with E-state index in [0.717, 1.165) is 5.56 Å². The Hall–Kier alpha value is -3.06. The van der Waals surface area contributed by atoms with Crippen molar-refractivity contribution in [1.29, 1.82) is 5.41 Å². The molecule has 7 nitrogen and oxygen atoms in total. The summed E-state index contributed by atoms with van der Waals surface area (Å²) in [6.07, 6.45) is 0.719. The molecule has 0 radical (unpaired) electrons. The lowest BCUT2D eigenvalue weighted by atomic mass is 9.94. The first-order valence-corrected chi connectivity index (χ1v) is 8.15. The van der Waals surface area contributed by atoms with E-state index in [9.17, 15) is 9.59 Å². The molecule has 0 saturated carbocycles. The van der Waals surface area contributed by atoms with Crippen LogP contribution in [0.1, 0.15) is 27.9 Å². The summed E-state index contributed by atoms with van der Waals surface area (Å²) in [7, 11) is 0. The summed E-state index contributed by atoms with van der Waals surface area (Å²) in [5, 5.41) is 19.1. The number of carbonyl (C=O) groups excluding carboxylic acids is 1. The summed E-state index contributed by atoms with van der Waals surface area (Å²) in [6.45, 7) is 0.350. The average molecular weight is 390 g/mol. The topological polar surface area (TPSA) is 126 Å². The highest BCUT2D eigenvalue weighted by atomic mass is 35.5. The van der Waals surface area contributed by atoms with Gasteiger partial charge in [0.1, 0.15) is 11.6 Å². The molecule has 5 N–H and O–H groups in total. The highest BCUT2D eigenvalue weighted by Crippen LogP contribution is 2.31. The molecule has 27 heavy (non-hydrogen) atoms. The van der Waals surface area contributed by atoms with E-state index >= 15 is 0 Å². The Kier molecular flexibility index (Phi) is 6.41. The fraction of sp³-hybridized carbons (Fsp3) is 0.211. The fourth-order valence-corrected chi connectivity index (χ4v) is 2.90. The predicted molar refractivity (Wildman–Crippen MR) is 104 cm³/mol. The van der Waals surface area contributed by atoms with E-state index in [0.29, 0.717) is 35.6 Å². The third kappa shape index (κ3) is 4.98. The number of hydrogen-bond acceptors (Lipinski definition) is 4. The van der Waals surface area contributed by atoms with E-state index < -0.39 is 5.97 Å². The summed E-state index contributed by atoms with van der Waals surface area (Å²) >= 11 is 0. The van der Waals surface area contributed by atoms with E-state index in [-0.39, 0.29) is 36.5 Å². The van der Waals surface area contributed by atoms with Gasteiger partial charge in [-0.05, 0) is 30.2 Å². The number of carboxylic acids is 1. The number of nitrogens with two attached hydrogens (primary N) is 1. The number of anilines is 1. The number of benzene rings is 2. The number of aliphatic carboxylic acids is 1. The van der Waals surface area contributed by atoms with Crippen LogP contribution < -0.4 is 15.8 Å². The highest BCUT2D eigenvalue weighted by molar-refractivity contribution is 6.05. The van der Waals surface area contributed by atoms with Gasteiger partial charge in [-0.3, -0.25) is 15.0 Å². The molecule has 1 unspecified atom stereocenters. The van der Waals surface area contributed by atoms with Gasteiger partial charge in [0.15, 0.2) is 0 Å². The summed E-state index contributed by atoms with van der Waals surface area (Å²) in [6, 6.07) is 11.8. The molecular weight excluding hydrogens is 370 g/mol. The van der Waals surface area contributed by atoms with Crippen LogP contribution in [-0.4, -0.2) is 29.4 Å². The zero-order valence-corrected chi connectivity index (χ0v) is 15.2. The molecule has 0 aromatic heterocycles. The molecule has 2 aromatic carbocycles. The van der Waals surface area contributed by atoms with Crippen LogP contribution in [0.3, 0.4) is 0 Å². The minimum absolute atomic E-state index is 0. The number of halogens is 1. The molecule has 1 atom stereocenters. The van der Waals surface area contributed by atoms with Crippen LogP contribution in [0.15, 0.2) is 42.5 Å². The predicted octanol–water partition coefficient (Wildman–Crippen LogP) is 2.67. The summed E-state index contributed by atoms with van der Waals surface area (Å²) in [5.41, 5.74) is 7.94. The lowest BCUT2D eigenvalue weighted by Gasteiger charge is -2.24. The van der Waals surface area contributed by atoms with Crippen molar-refractivity contribution in [3.05, 3.63) is 59.2 Å². The Morgan fingerprint density at radius 3 is 2.48 bits per heavy atom. The van der Waals surface area contributed by atoms with Gasteiger partial charge in [0, 0.05) is 28.8 Å². The molecule has 142 valence electrons. The molecule has 2 aromatic rings. The van der Waals surface area contributed by atoms with Gasteiger partial charge in [0.2, 0.25) is 0 Å². The van der Waals surface area contributed by atoms with Crippen molar-refractivity contribution < 1.29 is 19.4 Å². The maximum absolute atomic E-state index is 12.3. The molecule has 0 bridgehead atoms. The Bertz CT molecular complexity index is 868. The molecule has 0 fully saturated rings. The van der Waals surface area contributed by atoms with Crippen molar-refractivity contribution in [1.82, 2.24) is 0 Å². The van der Waals surface area contributed by atoms with Crippen molar-refractivity contribution in [3.63, 3.8) is 0 Å². The molecule has 0 saturated heterocycles. The van der Waals surface area contributed by atoms with Crippen molar-refractivity contribution in [2.24, 2.45) is 11.7 Å². The lowest BCUT2D eigenvalue weighted by molar-refractivity contribution is -0.138.